The molecule has 4 heteroatoms. The van der Waals surface area contributed by atoms with Crippen LogP contribution in [0.4, 0.5) is 0 Å². The van der Waals surface area contributed by atoms with Crippen molar-refractivity contribution in [3.8, 4) is 0 Å². The number of carbonyl (C=O) groups is 1. The van der Waals surface area contributed by atoms with Crippen LogP contribution in [0.15, 0.2) is 0 Å². The van der Waals surface area contributed by atoms with Gasteiger partial charge in [-0.25, -0.2) is 0 Å². The Hall–Kier alpha value is -0.610. The molecule has 1 fully saturated rings. The number of ether oxygens (including phenoxy) is 3. The van der Waals surface area contributed by atoms with Crippen molar-refractivity contribution >= 4 is 5.97 Å². The predicted octanol–water partition coefficient (Wildman–Crippen LogP) is 0.311. The van der Waals surface area contributed by atoms with Crippen LogP contribution in [0, 0.1) is 0 Å². The summed E-state index contributed by atoms with van der Waals surface area (Å²) in [4.78, 5) is 10.4. The van der Waals surface area contributed by atoms with E-state index in [0.717, 1.165) is 0 Å². The Labute approximate surface area is 65.4 Å². The van der Waals surface area contributed by atoms with Gasteiger partial charge in [-0.2, -0.15) is 0 Å². The van der Waals surface area contributed by atoms with E-state index in [9.17, 15) is 4.79 Å². The lowest BCUT2D eigenvalue weighted by atomic mass is 10.4. The molecule has 1 rings (SSSR count). The van der Waals surface area contributed by atoms with Crippen molar-refractivity contribution in [2.75, 3.05) is 13.2 Å². The molecule has 0 aromatic carbocycles. The van der Waals surface area contributed by atoms with Gasteiger partial charge < -0.3 is 14.2 Å². The SMILES string of the molecule is CC(=O)OCC1CO[C@H](C)O1. The van der Waals surface area contributed by atoms with Gasteiger partial charge in [0.2, 0.25) is 0 Å². The Morgan fingerprint density at radius 1 is 1.73 bits per heavy atom. The molecule has 0 N–H and O–H groups in total. The fraction of sp³-hybridized carbons (Fsp3) is 0.857. The first-order valence-electron chi connectivity index (χ1n) is 3.59. The normalized spacial score (nSPS) is 30.4. The van der Waals surface area contributed by atoms with E-state index < -0.39 is 0 Å². The summed E-state index contributed by atoms with van der Waals surface area (Å²) in [5, 5.41) is 0. The van der Waals surface area contributed by atoms with Gasteiger partial charge in [-0.1, -0.05) is 0 Å². The van der Waals surface area contributed by atoms with E-state index in [-0.39, 0.29) is 18.4 Å². The second kappa shape index (κ2) is 3.69. The Bertz CT molecular complexity index is 145. The maximum atomic E-state index is 10.4. The molecule has 0 aromatic heterocycles. The third kappa shape index (κ3) is 2.86. The first kappa shape index (κ1) is 8.49. The van der Waals surface area contributed by atoms with Gasteiger partial charge in [0.1, 0.15) is 12.7 Å². The molecular weight excluding hydrogens is 148 g/mol. The van der Waals surface area contributed by atoms with E-state index in [1.165, 1.54) is 6.92 Å². The molecule has 0 aromatic rings. The molecule has 1 aliphatic rings. The number of esters is 1. The number of hydrogen-bond acceptors (Lipinski definition) is 4. The molecule has 1 saturated heterocycles. The Morgan fingerprint density at radius 3 is 2.91 bits per heavy atom. The quantitative estimate of drug-likeness (QED) is 0.545. The largest absolute Gasteiger partial charge is 0.463 e. The first-order chi connectivity index (χ1) is 5.18. The van der Waals surface area contributed by atoms with Crippen LogP contribution in [0.5, 0.6) is 0 Å². The van der Waals surface area contributed by atoms with Crippen molar-refractivity contribution < 1.29 is 19.0 Å². The second-order valence-electron chi connectivity index (χ2n) is 2.46. The van der Waals surface area contributed by atoms with E-state index in [4.69, 9.17) is 14.2 Å². The Kier molecular flexibility index (Phi) is 2.84. The molecule has 2 atom stereocenters. The average molecular weight is 160 g/mol. The minimum atomic E-state index is -0.284. The van der Waals surface area contributed by atoms with Gasteiger partial charge >= 0.3 is 5.97 Å². The van der Waals surface area contributed by atoms with Crippen molar-refractivity contribution in [1.29, 1.82) is 0 Å². The van der Waals surface area contributed by atoms with Crippen molar-refractivity contribution in [2.24, 2.45) is 0 Å². The van der Waals surface area contributed by atoms with Gasteiger partial charge in [0.15, 0.2) is 6.29 Å². The highest BCUT2D eigenvalue weighted by Gasteiger charge is 2.22. The lowest BCUT2D eigenvalue weighted by Crippen LogP contribution is -2.19. The van der Waals surface area contributed by atoms with Gasteiger partial charge in [-0.3, -0.25) is 4.79 Å². The standard InChI is InChI=1S/C7H12O4/c1-5(8)9-3-7-4-10-6(2)11-7/h6-7H,3-4H2,1-2H3/t6-,7?/m0/s1. The van der Waals surface area contributed by atoms with Crippen LogP contribution < -0.4 is 0 Å². The predicted molar refractivity (Wildman–Crippen MR) is 36.9 cm³/mol. The van der Waals surface area contributed by atoms with Gasteiger partial charge in [0.05, 0.1) is 6.61 Å². The molecule has 0 amide bonds. The van der Waals surface area contributed by atoms with Crippen LogP contribution in [0.25, 0.3) is 0 Å². The first-order valence-corrected chi connectivity index (χ1v) is 3.59. The minimum Gasteiger partial charge on any atom is -0.463 e. The summed E-state index contributed by atoms with van der Waals surface area (Å²) in [6, 6.07) is 0. The summed E-state index contributed by atoms with van der Waals surface area (Å²) in [6.07, 6.45) is -0.260. The third-order valence-electron chi connectivity index (χ3n) is 1.37. The minimum absolute atomic E-state index is 0.0890. The van der Waals surface area contributed by atoms with Crippen LogP contribution >= 0.6 is 0 Å². The summed E-state index contributed by atoms with van der Waals surface area (Å²) in [7, 11) is 0. The fourth-order valence-electron chi connectivity index (χ4n) is 0.890. The molecule has 0 bridgehead atoms. The summed E-state index contributed by atoms with van der Waals surface area (Å²) >= 11 is 0. The molecule has 64 valence electrons. The van der Waals surface area contributed by atoms with Gasteiger partial charge in [-0.15, -0.1) is 0 Å². The smallest absolute Gasteiger partial charge is 0.302 e. The van der Waals surface area contributed by atoms with E-state index >= 15 is 0 Å². The van der Waals surface area contributed by atoms with Crippen molar-refractivity contribution in [1.82, 2.24) is 0 Å². The van der Waals surface area contributed by atoms with Crippen LogP contribution in [-0.4, -0.2) is 31.6 Å². The van der Waals surface area contributed by atoms with E-state index in [2.05, 4.69) is 0 Å². The van der Waals surface area contributed by atoms with Gasteiger partial charge in [-0.05, 0) is 6.92 Å². The molecule has 4 nitrogen and oxygen atoms in total. The van der Waals surface area contributed by atoms with Crippen LogP contribution in [0.3, 0.4) is 0 Å². The summed E-state index contributed by atoms with van der Waals surface area (Å²) in [5.74, 6) is -0.284. The highest BCUT2D eigenvalue weighted by atomic mass is 16.7. The molecule has 1 unspecified atom stereocenters. The van der Waals surface area contributed by atoms with Gasteiger partial charge in [0, 0.05) is 6.92 Å². The second-order valence-corrected chi connectivity index (χ2v) is 2.46. The molecule has 1 aliphatic heterocycles. The van der Waals surface area contributed by atoms with Crippen LogP contribution in [0.2, 0.25) is 0 Å². The number of rotatable bonds is 2. The van der Waals surface area contributed by atoms with Crippen molar-refractivity contribution in [3.05, 3.63) is 0 Å². The topological polar surface area (TPSA) is 44.8 Å². The lowest BCUT2D eigenvalue weighted by molar-refractivity contribution is -0.145. The zero-order valence-corrected chi connectivity index (χ0v) is 6.70. The lowest BCUT2D eigenvalue weighted by Gasteiger charge is -2.07. The third-order valence-corrected chi connectivity index (χ3v) is 1.37. The van der Waals surface area contributed by atoms with Crippen molar-refractivity contribution in [3.63, 3.8) is 0 Å². The number of carbonyl (C=O) groups excluding carboxylic acids is 1. The molecule has 0 aliphatic carbocycles. The summed E-state index contributed by atoms with van der Waals surface area (Å²) < 4.78 is 15.0. The van der Waals surface area contributed by atoms with Crippen LogP contribution in [-0.2, 0) is 19.0 Å². The zero-order chi connectivity index (χ0) is 8.27. The Balaban J connectivity index is 2.13. The summed E-state index contributed by atoms with van der Waals surface area (Å²) in [6.45, 7) is 3.99. The molecule has 0 radical (unpaired) electrons. The highest BCUT2D eigenvalue weighted by Crippen LogP contribution is 2.10. The van der Waals surface area contributed by atoms with E-state index in [0.29, 0.717) is 13.2 Å². The highest BCUT2D eigenvalue weighted by molar-refractivity contribution is 5.65. The van der Waals surface area contributed by atoms with Crippen molar-refractivity contribution in [2.45, 2.75) is 26.2 Å². The van der Waals surface area contributed by atoms with Gasteiger partial charge in [0.25, 0.3) is 0 Å². The maximum absolute atomic E-state index is 10.4. The summed E-state index contributed by atoms with van der Waals surface area (Å²) in [5.41, 5.74) is 0. The number of hydrogen-bond donors (Lipinski definition) is 0. The van der Waals surface area contributed by atoms with E-state index in [1.54, 1.807) is 0 Å². The van der Waals surface area contributed by atoms with Crippen LogP contribution in [0.1, 0.15) is 13.8 Å². The molecule has 11 heavy (non-hydrogen) atoms. The molecule has 0 saturated carbocycles. The van der Waals surface area contributed by atoms with E-state index in [1.807, 2.05) is 6.92 Å². The monoisotopic (exact) mass is 160 g/mol. The zero-order valence-electron chi connectivity index (χ0n) is 6.70. The molecule has 1 heterocycles. The fourth-order valence-corrected chi connectivity index (χ4v) is 0.890. The molecular formula is C7H12O4. The Morgan fingerprint density at radius 2 is 2.45 bits per heavy atom. The maximum Gasteiger partial charge on any atom is 0.302 e. The molecule has 0 spiro atoms. The average Bonchev–Trinajstić information content (AvgIpc) is 2.31.